The summed E-state index contributed by atoms with van der Waals surface area (Å²) < 4.78 is 11.7. The lowest BCUT2D eigenvalue weighted by molar-refractivity contribution is -0.945. The molecule has 1 N–H and O–H groups in total. The molecule has 0 saturated heterocycles. The largest absolute Gasteiger partial charge is 0.445 e. The van der Waals surface area contributed by atoms with Crippen LogP contribution in [0.15, 0.2) is 82.0 Å². The molecule has 5 rings (SSSR count). The lowest BCUT2D eigenvalue weighted by Gasteiger charge is -2.27. The molecule has 0 bridgehead atoms. The third-order valence-electron chi connectivity index (χ3n) is 5.31. The molecule has 4 nitrogen and oxygen atoms in total. The second-order valence-electron chi connectivity index (χ2n) is 7.25. The first kappa shape index (κ1) is 18.0. The van der Waals surface area contributed by atoms with Crippen LogP contribution in [0.5, 0.6) is 5.75 Å². The minimum atomic E-state index is -0.358. The van der Waals surface area contributed by atoms with Crippen molar-refractivity contribution < 1.29 is 14.1 Å². The van der Waals surface area contributed by atoms with Gasteiger partial charge in [0.05, 0.1) is 5.56 Å². The molecule has 1 unspecified atom stereocenters. The molecule has 0 radical (unpaired) electrons. The monoisotopic (exact) mass is 404 g/mol. The van der Waals surface area contributed by atoms with Gasteiger partial charge in [-0.3, -0.25) is 4.90 Å². The Morgan fingerprint density at radius 1 is 0.966 bits per heavy atom. The van der Waals surface area contributed by atoms with Crippen LogP contribution in [-0.2, 0) is 13.1 Å². The highest BCUT2D eigenvalue weighted by molar-refractivity contribution is 6.31. The molecule has 1 aromatic heterocycles. The van der Waals surface area contributed by atoms with Crippen LogP contribution in [0.25, 0.3) is 22.1 Å². The third-order valence-corrected chi connectivity index (χ3v) is 5.68. The van der Waals surface area contributed by atoms with Gasteiger partial charge in [-0.1, -0.05) is 60.1 Å². The Morgan fingerprint density at radius 2 is 1.76 bits per heavy atom. The minimum Gasteiger partial charge on any atom is -0.445 e. The summed E-state index contributed by atoms with van der Waals surface area (Å²) in [6, 6.07) is 23.2. The second kappa shape index (κ2) is 7.39. The lowest BCUT2D eigenvalue weighted by atomic mass is 9.99. The van der Waals surface area contributed by atoms with E-state index in [9.17, 15) is 4.79 Å². The van der Waals surface area contributed by atoms with E-state index in [1.165, 1.54) is 4.90 Å². The Kier molecular flexibility index (Phi) is 4.58. The van der Waals surface area contributed by atoms with E-state index in [0.29, 0.717) is 18.9 Å². The van der Waals surface area contributed by atoms with Crippen molar-refractivity contribution in [2.24, 2.45) is 0 Å². The van der Waals surface area contributed by atoms with Crippen LogP contribution in [0, 0.1) is 0 Å². The molecule has 29 heavy (non-hydrogen) atoms. The molecule has 2 heterocycles. The number of benzene rings is 3. The molecule has 0 fully saturated rings. The number of fused-ring (bicyclic) bond motifs is 3. The smallest absolute Gasteiger partial charge is 0.336 e. The molecule has 0 aliphatic carbocycles. The first-order valence-electron chi connectivity index (χ1n) is 9.54. The average Bonchev–Trinajstić information content (AvgIpc) is 2.75. The van der Waals surface area contributed by atoms with E-state index in [2.05, 4.69) is 0 Å². The number of hydrogen-bond donors (Lipinski definition) is 1. The van der Waals surface area contributed by atoms with Crippen molar-refractivity contribution in [1.82, 2.24) is 0 Å². The molecular weight excluding hydrogens is 386 g/mol. The highest BCUT2D eigenvalue weighted by atomic mass is 35.5. The van der Waals surface area contributed by atoms with E-state index >= 15 is 0 Å². The van der Waals surface area contributed by atoms with Crippen LogP contribution >= 0.6 is 11.6 Å². The van der Waals surface area contributed by atoms with E-state index < -0.39 is 0 Å². The van der Waals surface area contributed by atoms with Gasteiger partial charge in [0.2, 0.25) is 6.73 Å². The summed E-state index contributed by atoms with van der Waals surface area (Å²) in [5.41, 5.74) is 4.10. The SMILES string of the molecule is O=c1cc(-c2ccccc2)c2ccc3c(c2o1)C[NH+](Cc1ccccc1Cl)CO3. The Morgan fingerprint density at radius 3 is 2.59 bits per heavy atom. The summed E-state index contributed by atoms with van der Waals surface area (Å²) in [6.45, 7) is 1.96. The summed E-state index contributed by atoms with van der Waals surface area (Å²) >= 11 is 6.33. The van der Waals surface area contributed by atoms with Crippen LogP contribution < -0.4 is 15.3 Å². The summed E-state index contributed by atoms with van der Waals surface area (Å²) in [4.78, 5) is 13.5. The van der Waals surface area contributed by atoms with Gasteiger partial charge in [0.1, 0.15) is 18.8 Å². The summed E-state index contributed by atoms with van der Waals surface area (Å²) in [5, 5.41) is 1.67. The highest BCUT2D eigenvalue weighted by Crippen LogP contribution is 2.34. The molecule has 5 heteroatoms. The quantitative estimate of drug-likeness (QED) is 0.524. The maximum Gasteiger partial charge on any atom is 0.336 e. The Balaban J connectivity index is 1.58. The average molecular weight is 405 g/mol. The maximum absolute atomic E-state index is 12.3. The number of quaternary nitrogens is 1. The number of rotatable bonds is 3. The Bertz CT molecular complexity index is 1250. The standard InChI is InChI=1S/C24H18ClNO3/c25-21-9-5-4-8-17(21)13-26-14-20-22(28-15-26)11-10-18-19(12-23(27)29-24(18)20)16-6-2-1-3-7-16/h1-12H,13-15H2/p+1. The zero-order chi connectivity index (χ0) is 19.8. The fourth-order valence-corrected chi connectivity index (χ4v) is 4.13. The van der Waals surface area contributed by atoms with E-state index in [1.807, 2.05) is 66.7 Å². The van der Waals surface area contributed by atoms with Crippen molar-refractivity contribution >= 4 is 22.6 Å². The van der Waals surface area contributed by atoms with Crippen LogP contribution in [0.2, 0.25) is 5.02 Å². The zero-order valence-electron chi connectivity index (χ0n) is 15.7. The normalized spacial score (nSPS) is 15.7. The highest BCUT2D eigenvalue weighted by Gasteiger charge is 2.26. The molecule has 0 saturated carbocycles. The summed E-state index contributed by atoms with van der Waals surface area (Å²) in [6.07, 6.45) is 0. The molecule has 0 spiro atoms. The predicted octanol–water partition coefficient (Wildman–Crippen LogP) is 4.05. The molecule has 1 atom stereocenters. The summed E-state index contributed by atoms with van der Waals surface area (Å²) in [5.74, 6) is 0.772. The molecule has 1 aliphatic heterocycles. The van der Waals surface area contributed by atoms with Gasteiger partial charge in [-0.25, -0.2) is 4.79 Å². The number of nitrogens with one attached hydrogen (secondary N) is 1. The molecule has 1 aliphatic rings. The van der Waals surface area contributed by atoms with Gasteiger partial charge in [-0.15, -0.1) is 0 Å². The van der Waals surface area contributed by atoms with Crippen LogP contribution in [0.1, 0.15) is 11.1 Å². The summed E-state index contributed by atoms with van der Waals surface area (Å²) in [7, 11) is 0. The molecule has 4 aromatic rings. The zero-order valence-corrected chi connectivity index (χ0v) is 16.4. The number of hydrogen-bond acceptors (Lipinski definition) is 3. The van der Waals surface area contributed by atoms with E-state index in [4.69, 9.17) is 20.8 Å². The first-order valence-corrected chi connectivity index (χ1v) is 9.92. The van der Waals surface area contributed by atoms with Crippen molar-refractivity contribution in [3.05, 3.63) is 99.4 Å². The fourth-order valence-electron chi connectivity index (χ4n) is 3.93. The van der Waals surface area contributed by atoms with Gasteiger partial charge in [0.25, 0.3) is 0 Å². The van der Waals surface area contributed by atoms with Crippen LogP contribution in [-0.4, -0.2) is 6.73 Å². The first-order chi connectivity index (χ1) is 14.2. The minimum absolute atomic E-state index is 0.358. The lowest BCUT2D eigenvalue weighted by Crippen LogP contribution is -3.10. The van der Waals surface area contributed by atoms with Gasteiger partial charge in [-0.05, 0) is 29.3 Å². The van der Waals surface area contributed by atoms with E-state index in [1.54, 1.807) is 6.07 Å². The topological polar surface area (TPSA) is 43.9 Å². The van der Waals surface area contributed by atoms with Gasteiger partial charge in [-0.2, -0.15) is 0 Å². The predicted molar refractivity (Wildman–Crippen MR) is 113 cm³/mol. The van der Waals surface area contributed by atoms with Gasteiger partial charge >= 0.3 is 5.63 Å². The van der Waals surface area contributed by atoms with Crippen molar-refractivity contribution in [2.75, 3.05) is 6.73 Å². The fraction of sp³-hybridized carbons (Fsp3) is 0.125. The number of ether oxygens (including phenoxy) is 1. The Hall–Kier alpha value is -3.08. The van der Waals surface area contributed by atoms with Crippen LogP contribution in [0.3, 0.4) is 0 Å². The van der Waals surface area contributed by atoms with Gasteiger partial charge < -0.3 is 9.15 Å². The van der Waals surface area contributed by atoms with Crippen molar-refractivity contribution in [3.63, 3.8) is 0 Å². The van der Waals surface area contributed by atoms with E-state index in [-0.39, 0.29) is 5.63 Å². The van der Waals surface area contributed by atoms with Crippen molar-refractivity contribution in [3.8, 4) is 16.9 Å². The second-order valence-corrected chi connectivity index (χ2v) is 7.65. The van der Waals surface area contributed by atoms with Crippen molar-refractivity contribution in [2.45, 2.75) is 13.1 Å². The number of halogens is 1. The molecular formula is C24H19ClNO3+. The van der Waals surface area contributed by atoms with Crippen molar-refractivity contribution in [1.29, 1.82) is 0 Å². The molecule has 3 aromatic carbocycles. The molecule has 144 valence electrons. The van der Waals surface area contributed by atoms with Gasteiger partial charge in [0.15, 0.2) is 5.58 Å². The van der Waals surface area contributed by atoms with Gasteiger partial charge in [0, 0.05) is 22.0 Å². The Labute approximate surface area is 172 Å². The van der Waals surface area contributed by atoms with Crippen LogP contribution in [0.4, 0.5) is 0 Å². The van der Waals surface area contributed by atoms with E-state index in [0.717, 1.165) is 45.0 Å². The molecule has 0 amide bonds. The third kappa shape index (κ3) is 3.41. The maximum atomic E-state index is 12.3.